The quantitative estimate of drug-likeness (QED) is 0.603. The predicted molar refractivity (Wildman–Crippen MR) is 45.2 cm³/mol. The number of hydrogen-bond donors (Lipinski definition) is 2. The molecule has 3 N–H and O–H groups in total. The third kappa shape index (κ3) is 2.46. The van der Waals surface area contributed by atoms with E-state index in [1.54, 1.807) is 0 Å². The zero-order valence-corrected chi connectivity index (χ0v) is 7.43. The minimum atomic E-state index is -0.275. The lowest BCUT2D eigenvalue weighted by Crippen LogP contribution is -2.41. The molecule has 70 valence electrons. The maximum Gasteiger partial charge on any atom is 0.245 e. The van der Waals surface area contributed by atoms with Crippen molar-refractivity contribution in [1.29, 1.82) is 0 Å². The maximum atomic E-state index is 11.1. The van der Waals surface area contributed by atoms with Gasteiger partial charge >= 0.3 is 0 Å². The molecule has 1 saturated carbocycles. The average molecular weight is 172 g/mol. The lowest BCUT2D eigenvalue weighted by molar-refractivity contribution is -0.132. The molecule has 1 aliphatic rings. The van der Waals surface area contributed by atoms with Crippen LogP contribution < -0.4 is 11.2 Å². The molecule has 0 bridgehead atoms. The highest BCUT2D eigenvalue weighted by molar-refractivity contribution is 5.76. The molecule has 0 atom stereocenters. The van der Waals surface area contributed by atoms with E-state index in [2.05, 4.69) is 10.3 Å². The standard InChI is InChI=1S/C8H16N2O2/c1-12-10-7(11)6-8(9)4-2-3-5-8/h2-6,9H2,1H3,(H,10,11). The van der Waals surface area contributed by atoms with Crippen LogP contribution >= 0.6 is 0 Å². The van der Waals surface area contributed by atoms with Crippen LogP contribution in [0.2, 0.25) is 0 Å². The second-order valence-corrected chi connectivity index (χ2v) is 3.48. The molecular weight excluding hydrogens is 156 g/mol. The Morgan fingerprint density at radius 2 is 2.17 bits per heavy atom. The summed E-state index contributed by atoms with van der Waals surface area (Å²) in [7, 11) is 1.43. The summed E-state index contributed by atoms with van der Waals surface area (Å²) in [4.78, 5) is 15.6. The Balaban J connectivity index is 2.33. The van der Waals surface area contributed by atoms with Gasteiger partial charge in [0.25, 0.3) is 0 Å². The van der Waals surface area contributed by atoms with Crippen LogP contribution in [0.5, 0.6) is 0 Å². The molecule has 0 heterocycles. The lowest BCUT2D eigenvalue weighted by Gasteiger charge is -2.21. The molecule has 0 spiro atoms. The summed E-state index contributed by atoms with van der Waals surface area (Å²) in [6.45, 7) is 0. The molecule has 1 aliphatic carbocycles. The molecular formula is C8H16N2O2. The summed E-state index contributed by atoms with van der Waals surface area (Å²) in [5, 5.41) is 0. The van der Waals surface area contributed by atoms with Crippen molar-refractivity contribution in [2.24, 2.45) is 5.73 Å². The van der Waals surface area contributed by atoms with E-state index in [-0.39, 0.29) is 11.4 Å². The molecule has 12 heavy (non-hydrogen) atoms. The SMILES string of the molecule is CONC(=O)CC1(N)CCCC1. The molecule has 1 fully saturated rings. The molecule has 4 heteroatoms. The van der Waals surface area contributed by atoms with Crippen LogP contribution in [-0.4, -0.2) is 18.6 Å². The Labute approximate surface area is 72.4 Å². The van der Waals surface area contributed by atoms with E-state index < -0.39 is 0 Å². The smallest absolute Gasteiger partial charge is 0.245 e. The van der Waals surface area contributed by atoms with Crippen molar-refractivity contribution in [3.05, 3.63) is 0 Å². The molecule has 0 aromatic rings. The van der Waals surface area contributed by atoms with Crippen LogP contribution in [0.25, 0.3) is 0 Å². The molecule has 0 aliphatic heterocycles. The van der Waals surface area contributed by atoms with Gasteiger partial charge < -0.3 is 5.73 Å². The van der Waals surface area contributed by atoms with Gasteiger partial charge in [-0.2, -0.15) is 0 Å². The predicted octanol–water partition coefficient (Wildman–Crippen LogP) is 0.326. The first kappa shape index (κ1) is 9.48. The van der Waals surface area contributed by atoms with Gasteiger partial charge in [0.2, 0.25) is 5.91 Å². The summed E-state index contributed by atoms with van der Waals surface area (Å²) in [6, 6.07) is 0. The van der Waals surface area contributed by atoms with Gasteiger partial charge in [-0.3, -0.25) is 9.63 Å². The van der Waals surface area contributed by atoms with Crippen molar-refractivity contribution in [2.75, 3.05) is 7.11 Å². The highest BCUT2D eigenvalue weighted by Crippen LogP contribution is 2.29. The first-order valence-electron chi connectivity index (χ1n) is 4.27. The van der Waals surface area contributed by atoms with Crippen LogP contribution in [-0.2, 0) is 9.63 Å². The number of amides is 1. The summed E-state index contributed by atoms with van der Waals surface area (Å²) < 4.78 is 0. The minimum Gasteiger partial charge on any atom is -0.325 e. The van der Waals surface area contributed by atoms with E-state index in [9.17, 15) is 4.79 Å². The van der Waals surface area contributed by atoms with E-state index in [4.69, 9.17) is 5.73 Å². The number of carbonyl (C=O) groups excluding carboxylic acids is 1. The fourth-order valence-electron chi connectivity index (χ4n) is 1.73. The topological polar surface area (TPSA) is 64.3 Å². The summed E-state index contributed by atoms with van der Waals surface area (Å²) in [6.07, 6.45) is 4.54. The van der Waals surface area contributed by atoms with Crippen LogP contribution in [0, 0.1) is 0 Å². The first-order chi connectivity index (χ1) is 5.66. The molecule has 4 nitrogen and oxygen atoms in total. The molecule has 0 unspecified atom stereocenters. The first-order valence-corrected chi connectivity index (χ1v) is 4.27. The second kappa shape index (κ2) is 3.87. The van der Waals surface area contributed by atoms with Gasteiger partial charge in [-0.05, 0) is 12.8 Å². The maximum absolute atomic E-state index is 11.1. The minimum absolute atomic E-state index is 0.123. The van der Waals surface area contributed by atoms with Crippen LogP contribution in [0.1, 0.15) is 32.1 Å². The molecule has 0 radical (unpaired) electrons. The largest absolute Gasteiger partial charge is 0.325 e. The summed E-state index contributed by atoms with van der Waals surface area (Å²) in [5.41, 5.74) is 7.98. The van der Waals surface area contributed by atoms with E-state index in [1.807, 2.05) is 0 Å². The van der Waals surface area contributed by atoms with Gasteiger partial charge in [-0.25, -0.2) is 5.48 Å². The van der Waals surface area contributed by atoms with Gasteiger partial charge in [0.05, 0.1) is 7.11 Å². The molecule has 1 amide bonds. The number of carbonyl (C=O) groups is 1. The van der Waals surface area contributed by atoms with Crippen LogP contribution in [0.4, 0.5) is 0 Å². The van der Waals surface area contributed by atoms with Gasteiger partial charge in [-0.1, -0.05) is 12.8 Å². The fourth-order valence-corrected chi connectivity index (χ4v) is 1.73. The van der Waals surface area contributed by atoms with Gasteiger partial charge in [0.1, 0.15) is 0 Å². The van der Waals surface area contributed by atoms with Crippen molar-refractivity contribution >= 4 is 5.91 Å². The average Bonchev–Trinajstić information content (AvgIpc) is 2.36. The van der Waals surface area contributed by atoms with Crippen molar-refractivity contribution in [2.45, 2.75) is 37.6 Å². The summed E-state index contributed by atoms with van der Waals surface area (Å²) in [5.74, 6) is -0.123. The Morgan fingerprint density at radius 1 is 1.58 bits per heavy atom. The van der Waals surface area contributed by atoms with E-state index in [0.29, 0.717) is 6.42 Å². The Kier molecular flexibility index (Phi) is 3.05. The highest BCUT2D eigenvalue weighted by Gasteiger charge is 2.31. The molecule has 0 saturated heterocycles. The fraction of sp³-hybridized carbons (Fsp3) is 0.875. The van der Waals surface area contributed by atoms with Crippen LogP contribution in [0.15, 0.2) is 0 Å². The molecule has 0 aromatic carbocycles. The third-order valence-corrected chi connectivity index (χ3v) is 2.33. The van der Waals surface area contributed by atoms with Crippen LogP contribution in [0.3, 0.4) is 0 Å². The van der Waals surface area contributed by atoms with Gasteiger partial charge in [-0.15, -0.1) is 0 Å². The normalized spacial score (nSPS) is 20.8. The van der Waals surface area contributed by atoms with Crippen molar-refractivity contribution in [3.63, 3.8) is 0 Å². The number of nitrogens with two attached hydrogens (primary N) is 1. The van der Waals surface area contributed by atoms with Gasteiger partial charge in [0.15, 0.2) is 0 Å². The highest BCUT2D eigenvalue weighted by atomic mass is 16.6. The Bertz CT molecular complexity index is 164. The number of rotatable bonds is 3. The van der Waals surface area contributed by atoms with Crippen molar-refractivity contribution in [1.82, 2.24) is 5.48 Å². The van der Waals surface area contributed by atoms with Crippen molar-refractivity contribution in [3.8, 4) is 0 Å². The molecule has 1 rings (SSSR count). The second-order valence-electron chi connectivity index (χ2n) is 3.48. The third-order valence-electron chi connectivity index (χ3n) is 2.33. The Hall–Kier alpha value is -0.610. The summed E-state index contributed by atoms with van der Waals surface area (Å²) >= 11 is 0. The van der Waals surface area contributed by atoms with E-state index in [0.717, 1.165) is 25.7 Å². The Morgan fingerprint density at radius 3 is 2.67 bits per heavy atom. The molecule has 0 aromatic heterocycles. The van der Waals surface area contributed by atoms with Crippen molar-refractivity contribution < 1.29 is 9.63 Å². The lowest BCUT2D eigenvalue weighted by atomic mass is 9.95. The number of hydrogen-bond acceptors (Lipinski definition) is 3. The van der Waals surface area contributed by atoms with E-state index >= 15 is 0 Å². The number of nitrogens with one attached hydrogen (secondary N) is 1. The zero-order chi connectivity index (χ0) is 9.03. The van der Waals surface area contributed by atoms with Gasteiger partial charge in [0, 0.05) is 12.0 Å². The monoisotopic (exact) mass is 172 g/mol. The van der Waals surface area contributed by atoms with E-state index in [1.165, 1.54) is 7.11 Å². The number of hydroxylamine groups is 1. The zero-order valence-electron chi connectivity index (χ0n) is 7.43.